The highest BCUT2D eigenvalue weighted by molar-refractivity contribution is 7.11. The van der Waals surface area contributed by atoms with E-state index in [1.165, 1.54) is 10.2 Å². The zero-order valence-electron chi connectivity index (χ0n) is 16.5. The van der Waals surface area contributed by atoms with E-state index in [2.05, 4.69) is 5.10 Å². The molecule has 1 amide bonds. The molecule has 0 saturated carbocycles. The lowest BCUT2D eigenvalue weighted by Gasteiger charge is -2.35. The number of hydrogen-bond acceptors (Lipinski definition) is 5. The Balaban J connectivity index is 1.43. The van der Waals surface area contributed by atoms with Gasteiger partial charge in [-0.1, -0.05) is 29.8 Å². The van der Waals surface area contributed by atoms with Crippen LogP contribution in [0.5, 0.6) is 0 Å². The number of amides is 1. The van der Waals surface area contributed by atoms with Gasteiger partial charge in [0.1, 0.15) is 5.02 Å². The number of carbonyl (C=O) groups excluding carboxylic acids is 1. The Bertz CT molecular complexity index is 1130. The molecule has 1 saturated heterocycles. The number of aryl methyl sites for hydroxylation is 1. The number of nitrogens with zero attached hydrogens (tertiary/aromatic N) is 4. The number of piperazine rings is 1. The molecule has 3 heterocycles. The van der Waals surface area contributed by atoms with E-state index < -0.39 is 0 Å². The molecule has 2 aromatic heterocycles. The SMILES string of the molecule is Cc1ccsc1C=CC(=O)N1CCN(c2cnn(-c3ccccc3)c(=O)c2Cl)CC1. The Morgan fingerprint density at radius 3 is 2.53 bits per heavy atom. The van der Waals surface area contributed by atoms with Crippen molar-refractivity contribution in [2.75, 3.05) is 31.1 Å². The minimum atomic E-state index is -0.354. The number of hydrogen-bond donors (Lipinski definition) is 0. The first-order valence-electron chi connectivity index (χ1n) is 9.64. The Kier molecular flexibility index (Phi) is 6.01. The van der Waals surface area contributed by atoms with E-state index in [1.54, 1.807) is 35.7 Å². The van der Waals surface area contributed by atoms with E-state index in [4.69, 9.17) is 11.6 Å². The normalized spacial score (nSPS) is 14.5. The van der Waals surface area contributed by atoms with Crippen LogP contribution in [0.1, 0.15) is 10.4 Å². The second-order valence-corrected chi connectivity index (χ2v) is 8.34. The van der Waals surface area contributed by atoms with E-state index in [1.807, 2.05) is 52.4 Å². The highest BCUT2D eigenvalue weighted by Crippen LogP contribution is 2.23. The van der Waals surface area contributed by atoms with Gasteiger partial charge in [0.05, 0.1) is 17.6 Å². The van der Waals surface area contributed by atoms with E-state index >= 15 is 0 Å². The van der Waals surface area contributed by atoms with E-state index in [9.17, 15) is 9.59 Å². The topological polar surface area (TPSA) is 58.4 Å². The zero-order valence-corrected chi connectivity index (χ0v) is 18.1. The Morgan fingerprint density at radius 2 is 1.87 bits per heavy atom. The van der Waals surface area contributed by atoms with Crippen LogP contribution in [-0.2, 0) is 4.79 Å². The summed E-state index contributed by atoms with van der Waals surface area (Å²) in [6, 6.07) is 11.2. The molecule has 1 aliphatic heterocycles. The fraction of sp³-hybridized carbons (Fsp3) is 0.227. The molecule has 3 aromatic rings. The lowest BCUT2D eigenvalue weighted by atomic mass is 10.2. The summed E-state index contributed by atoms with van der Waals surface area (Å²) >= 11 is 8.02. The Morgan fingerprint density at radius 1 is 1.13 bits per heavy atom. The number of aromatic nitrogens is 2. The maximum absolute atomic E-state index is 12.7. The van der Waals surface area contributed by atoms with Crippen LogP contribution in [0.25, 0.3) is 11.8 Å². The van der Waals surface area contributed by atoms with Crippen LogP contribution in [0.3, 0.4) is 0 Å². The van der Waals surface area contributed by atoms with Crippen molar-refractivity contribution in [3.63, 3.8) is 0 Å². The highest BCUT2D eigenvalue weighted by atomic mass is 35.5. The molecule has 0 atom stereocenters. The van der Waals surface area contributed by atoms with Crippen molar-refractivity contribution in [1.29, 1.82) is 0 Å². The third kappa shape index (κ3) is 4.17. The minimum Gasteiger partial charge on any atom is -0.365 e. The molecule has 6 nitrogen and oxygen atoms in total. The van der Waals surface area contributed by atoms with Crippen LogP contribution in [-0.4, -0.2) is 46.8 Å². The van der Waals surface area contributed by atoms with Gasteiger partial charge >= 0.3 is 0 Å². The number of rotatable bonds is 4. The largest absolute Gasteiger partial charge is 0.365 e. The van der Waals surface area contributed by atoms with Gasteiger partial charge < -0.3 is 9.80 Å². The average Bonchev–Trinajstić information content (AvgIpc) is 3.19. The maximum Gasteiger partial charge on any atom is 0.292 e. The lowest BCUT2D eigenvalue weighted by molar-refractivity contribution is -0.126. The van der Waals surface area contributed by atoms with Gasteiger partial charge in [-0.2, -0.15) is 9.78 Å². The predicted octanol–water partition coefficient (Wildman–Crippen LogP) is 3.62. The standard InChI is InChI=1S/C22H21ClN4O2S/c1-16-9-14-30-19(16)7-8-20(28)26-12-10-25(11-13-26)18-15-24-27(22(29)21(18)23)17-5-3-2-4-6-17/h2-9,14-15H,10-13H2,1H3. The first-order valence-corrected chi connectivity index (χ1v) is 10.9. The van der Waals surface area contributed by atoms with E-state index in [-0.39, 0.29) is 16.5 Å². The molecule has 0 spiro atoms. The fourth-order valence-electron chi connectivity index (χ4n) is 3.37. The second-order valence-electron chi connectivity index (χ2n) is 7.01. The van der Waals surface area contributed by atoms with Crippen molar-refractivity contribution < 1.29 is 4.79 Å². The molecule has 0 N–H and O–H groups in total. The molecule has 30 heavy (non-hydrogen) atoms. The van der Waals surface area contributed by atoms with Gasteiger partial charge in [-0.25, -0.2) is 0 Å². The Hall–Kier alpha value is -2.90. The summed E-state index contributed by atoms with van der Waals surface area (Å²) in [5.74, 6) is -0.00818. The first kappa shape index (κ1) is 20.4. The third-order valence-corrected chi connectivity index (χ3v) is 6.45. The molecular formula is C22H21ClN4O2S. The summed E-state index contributed by atoms with van der Waals surface area (Å²) < 4.78 is 1.29. The summed E-state index contributed by atoms with van der Waals surface area (Å²) in [5.41, 5.74) is 2.08. The van der Waals surface area contributed by atoms with Gasteiger partial charge in [0, 0.05) is 37.1 Å². The van der Waals surface area contributed by atoms with Crippen molar-refractivity contribution in [2.24, 2.45) is 0 Å². The molecule has 1 aliphatic rings. The molecule has 4 rings (SSSR count). The summed E-state index contributed by atoms with van der Waals surface area (Å²) in [6.07, 6.45) is 5.12. The lowest BCUT2D eigenvalue weighted by Crippen LogP contribution is -2.48. The number of carbonyl (C=O) groups is 1. The molecule has 1 aromatic carbocycles. The fourth-order valence-corrected chi connectivity index (χ4v) is 4.44. The molecule has 0 radical (unpaired) electrons. The van der Waals surface area contributed by atoms with Crippen LogP contribution in [0, 0.1) is 6.92 Å². The second kappa shape index (κ2) is 8.85. The summed E-state index contributed by atoms with van der Waals surface area (Å²) in [5, 5.41) is 6.45. The molecule has 0 unspecified atom stereocenters. The van der Waals surface area contributed by atoms with Crippen LogP contribution in [0.2, 0.25) is 5.02 Å². The molecule has 154 valence electrons. The Labute approximate surface area is 183 Å². The van der Waals surface area contributed by atoms with Crippen molar-refractivity contribution in [2.45, 2.75) is 6.92 Å². The molecular weight excluding hydrogens is 420 g/mol. The first-order chi connectivity index (χ1) is 14.5. The van der Waals surface area contributed by atoms with Gasteiger partial charge in [0.25, 0.3) is 5.56 Å². The number of thiophene rings is 1. The average molecular weight is 441 g/mol. The highest BCUT2D eigenvalue weighted by Gasteiger charge is 2.23. The van der Waals surface area contributed by atoms with Gasteiger partial charge in [-0.15, -0.1) is 11.3 Å². The van der Waals surface area contributed by atoms with Gasteiger partial charge in [-0.05, 0) is 42.1 Å². The van der Waals surface area contributed by atoms with Gasteiger partial charge in [-0.3, -0.25) is 9.59 Å². The quantitative estimate of drug-likeness (QED) is 0.581. The van der Waals surface area contributed by atoms with Crippen LogP contribution < -0.4 is 10.5 Å². The van der Waals surface area contributed by atoms with Crippen molar-refractivity contribution in [3.8, 4) is 5.69 Å². The van der Waals surface area contributed by atoms with Crippen LogP contribution in [0.4, 0.5) is 5.69 Å². The monoisotopic (exact) mass is 440 g/mol. The van der Waals surface area contributed by atoms with Crippen molar-refractivity contribution in [3.05, 3.63) is 79.9 Å². The van der Waals surface area contributed by atoms with E-state index in [0.29, 0.717) is 37.6 Å². The molecule has 8 heteroatoms. The number of para-hydroxylation sites is 1. The number of benzene rings is 1. The number of halogens is 1. The molecule has 0 bridgehead atoms. The maximum atomic E-state index is 12.7. The third-order valence-electron chi connectivity index (χ3n) is 5.11. The van der Waals surface area contributed by atoms with Crippen molar-refractivity contribution in [1.82, 2.24) is 14.7 Å². The summed E-state index contributed by atoms with van der Waals surface area (Å²) in [4.78, 5) is 30.1. The van der Waals surface area contributed by atoms with Gasteiger partial charge in [0.15, 0.2) is 0 Å². The van der Waals surface area contributed by atoms with E-state index in [0.717, 1.165) is 4.88 Å². The minimum absolute atomic E-state index is 0.00818. The zero-order chi connectivity index (χ0) is 21.1. The smallest absolute Gasteiger partial charge is 0.292 e. The van der Waals surface area contributed by atoms with Crippen LogP contribution >= 0.6 is 22.9 Å². The summed E-state index contributed by atoms with van der Waals surface area (Å²) in [7, 11) is 0. The molecule has 0 aliphatic carbocycles. The molecule has 1 fully saturated rings. The van der Waals surface area contributed by atoms with Crippen molar-refractivity contribution >= 4 is 40.6 Å². The van der Waals surface area contributed by atoms with Crippen LogP contribution in [0.15, 0.2) is 58.8 Å². The number of anilines is 1. The summed E-state index contributed by atoms with van der Waals surface area (Å²) in [6.45, 7) is 4.33. The van der Waals surface area contributed by atoms with Gasteiger partial charge in [0.2, 0.25) is 5.91 Å². The predicted molar refractivity (Wildman–Crippen MR) is 122 cm³/mol.